The van der Waals surface area contributed by atoms with Gasteiger partial charge < -0.3 is 14.9 Å². The third-order valence-corrected chi connectivity index (χ3v) is 4.13. The van der Waals surface area contributed by atoms with Crippen molar-refractivity contribution in [1.29, 1.82) is 0 Å². The fourth-order valence-electron chi connectivity index (χ4n) is 3.01. The van der Waals surface area contributed by atoms with E-state index in [1.54, 1.807) is 7.11 Å². The summed E-state index contributed by atoms with van der Waals surface area (Å²) in [6.07, 6.45) is 0. The molecule has 0 spiro atoms. The van der Waals surface area contributed by atoms with Crippen molar-refractivity contribution in [3.05, 3.63) is 59.7 Å². The highest BCUT2D eigenvalue weighted by Crippen LogP contribution is 2.37. The highest BCUT2D eigenvalue weighted by atomic mass is 16.5. The molecule has 0 aromatic heterocycles. The maximum Gasteiger partial charge on any atom is 0.128 e. The molecule has 1 N–H and O–H groups in total. The van der Waals surface area contributed by atoms with Gasteiger partial charge in [0, 0.05) is 5.56 Å². The number of rotatable bonds is 2. The van der Waals surface area contributed by atoms with Crippen LogP contribution < -0.4 is 14.9 Å². The predicted octanol–water partition coefficient (Wildman–Crippen LogP) is 2.75. The summed E-state index contributed by atoms with van der Waals surface area (Å²) in [6.45, 7) is 0.652. The fourth-order valence-corrected chi connectivity index (χ4v) is 3.01. The zero-order valence-corrected chi connectivity index (χ0v) is 11.7. The van der Waals surface area contributed by atoms with E-state index in [1.807, 2.05) is 30.3 Å². The number of nitrogens with one attached hydrogen (secondary N) is 1. The van der Waals surface area contributed by atoms with Gasteiger partial charge in [0.2, 0.25) is 0 Å². The van der Waals surface area contributed by atoms with Crippen LogP contribution in [-0.4, -0.2) is 19.4 Å². The molecule has 4 nitrogen and oxygen atoms in total. The molecule has 2 aliphatic rings. The Morgan fingerprint density at radius 3 is 2.76 bits per heavy atom. The lowest BCUT2D eigenvalue weighted by Gasteiger charge is -2.26. The Balaban J connectivity index is 1.65. The minimum absolute atomic E-state index is 0.152. The topological polar surface area (TPSA) is 42.8 Å². The third-order valence-electron chi connectivity index (χ3n) is 4.13. The molecule has 2 aromatic carbocycles. The van der Waals surface area contributed by atoms with Gasteiger partial charge in [-0.2, -0.15) is 5.10 Å². The van der Waals surface area contributed by atoms with Gasteiger partial charge in [-0.05, 0) is 29.8 Å². The van der Waals surface area contributed by atoms with E-state index < -0.39 is 0 Å². The van der Waals surface area contributed by atoms with Crippen LogP contribution in [0.25, 0.3) is 0 Å². The molecule has 2 aliphatic heterocycles. The Morgan fingerprint density at radius 2 is 1.95 bits per heavy atom. The van der Waals surface area contributed by atoms with Gasteiger partial charge in [0.25, 0.3) is 0 Å². The minimum Gasteiger partial charge on any atom is -0.497 e. The first-order chi connectivity index (χ1) is 10.4. The number of hydrogen-bond acceptors (Lipinski definition) is 4. The quantitative estimate of drug-likeness (QED) is 0.920. The van der Waals surface area contributed by atoms with E-state index in [1.165, 1.54) is 5.56 Å². The number of para-hydroxylation sites is 1. The molecule has 0 unspecified atom stereocenters. The number of ether oxygens (including phenoxy) is 2. The summed E-state index contributed by atoms with van der Waals surface area (Å²) >= 11 is 0. The number of hydrogen-bond donors (Lipinski definition) is 1. The SMILES string of the molecule is COc1ccc([C@H]2NN=C3c4ccccc4OC[C@@H]32)cc1. The maximum atomic E-state index is 5.89. The molecule has 0 aliphatic carbocycles. The Bertz CT molecular complexity index is 694. The minimum atomic E-state index is 0.152. The predicted molar refractivity (Wildman–Crippen MR) is 80.8 cm³/mol. The molecule has 0 saturated heterocycles. The molecule has 2 aromatic rings. The van der Waals surface area contributed by atoms with Crippen molar-refractivity contribution in [3.63, 3.8) is 0 Å². The average molecular weight is 280 g/mol. The van der Waals surface area contributed by atoms with Crippen LogP contribution in [0.15, 0.2) is 53.6 Å². The lowest BCUT2D eigenvalue weighted by molar-refractivity contribution is 0.254. The molecule has 4 heteroatoms. The van der Waals surface area contributed by atoms with Crippen molar-refractivity contribution < 1.29 is 9.47 Å². The van der Waals surface area contributed by atoms with E-state index in [4.69, 9.17) is 9.47 Å². The lowest BCUT2D eigenvalue weighted by atomic mass is 9.86. The summed E-state index contributed by atoms with van der Waals surface area (Å²) in [5.41, 5.74) is 6.65. The monoisotopic (exact) mass is 280 g/mol. The van der Waals surface area contributed by atoms with Crippen molar-refractivity contribution in [2.75, 3.05) is 13.7 Å². The number of fused-ring (bicyclic) bond motifs is 3. The molecule has 0 saturated carbocycles. The van der Waals surface area contributed by atoms with Crippen molar-refractivity contribution in [3.8, 4) is 11.5 Å². The van der Waals surface area contributed by atoms with Gasteiger partial charge in [0.15, 0.2) is 0 Å². The van der Waals surface area contributed by atoms with E-state index in [2.05, 4.69) is 28.7 Å². The van der Waals surface area contributed by atoms with Crippen LogP contribution in [0, 0.1) is 5.92 Å². The Kier molecular flexibility index (Phi) is 2.81. The van der Waals surface area contributed by atoms with Gasteiger partial charge in [0.05, 0.1) is 31.4 Å². The smallest absolute Gasteiger partial charge is 0.128 e. The molecule has 0 radical (unpaired) electrons. The number of hydrazone groups is 1. The van der Waals surface area contributed by atoms with Crippen molar-refractivity contribution in [2.45, 2.75) is 6.04 Å². The summed E-state index contributed by atoms with van der Waals surface area (Å²) in [6, 6.07) is 16.3. The number of benzene rings is 2. The molecule has 0 bridgehead atoms. The van der Waals surface area contributed by atoms with Crippen molar-refractivity contribution >= 4 is 5.71 Å². The molecular formula is C17H16N2O2. The van der Waals surface area contributed by atoms with Crippen LogP contribution >= 0.6 is 0 Å². The molecular weight excluding hydrogens is 264 g/mol. The Morgan fingerprint density at radius 1 is 1.14 bits per heavy atom. The standard InChI is InChI=1S/C17H16N2O2/c1-20-12-8-6-11(7-9-12)16-14-10-21-15-5-3-2-4-13(15)17(14)19-18-16/h2-9,14,16,18H,10H2,1H3/t14-,16-/m1/s1. The van der Waals surface area contributed by atoms with Crippen molar-refractivity contribution in [1.82, 2.24) is 5.43 Å². The molecule has 4 rings (SSSR count). The summed E-state index contributed by atoms with van der Waals surface area (Å²) in [7, 11) is 1.68. The van der Waals surface area contributed by atoms with Crippen LogP contribution in [0.5, 0.6) is 11.5 Å². The number of nitrogens with zero attached hydrogens (tertiary/aromatic N) is 1. The van der Waals surface area contributed by atoms with Gasteiger partial charge in [-0.1, -0.05) is 24.3 Å². The first kappa shape index (κ1) is 12.3. The summed E-state index contributed by atoms with van der Waals surface area (Å²) in [4.78, 5) is 0. The second-order valence-electron chi connectivity index (χ2n) is 5.29. The maximum absolute atomic E-state index is 5.89. The molecule has 106 valence electrons. The van der Waals surface area contributed by atoms with E-state index in [-0.39, 0.29) is 12.0 Å². The second kappa shape index (κ2) is 4.81. The number of methoxy groups -OCH3 is 1. The average Bonchev–Trinajstić information content (AvgIpc) is 2.99. The highest BCUT2D eigenvalue weighted by molar-refractivity contribution is 6.06. The van der Waals surface area contributed by atoms with E-state index >= 15 is 0 Å². The molecule has 2 heterocycles. The molecule has 0 fully saturated rings. The van der Waals surface area contributed by atoms with Crippen LogP contribution in [0.4, 0.5) is 0 Å². The first-order valence-electron chi connectivity index (χ1n) is 7.06. The zero-order chi connectivity index (χ0) is 14.2. The Hall–Kier alpha value is -2.49. The first-order valence-corrected chi connectivity index (χ1v) is 7.06. The van der Waals surface area contributed by atoms with Gasteiger partial charge in [-0.25, -0.2) is 0 Å². The second-order valence-corrected chi connectivity index (χ2v) is 5.29. The van der Waals surface area contributed by atoms with Crippen LogP contribution in [0.3, 0.4) is 0 Å². The summed E-state index contributed by atoms with van der Waals surface area (Å²) in [5.74, 6) is 2.03. The normalized spacial score (nSPS) is 22.4. The fraction of sp³-hybridized carbons (Fsp3) is 0.235. The molecule has 2 atom stereocenters. The zero-order valence-electron chi connectivity index (χ0n) is 11.7. The van der Waals surface area contributed by atoms with Gasteiger partial charge in [-0.3, -0.25) is 0 Å². The highest BCUT2D eigenvalue weighted by Gasteiger charge is 2.38. The third kappa shape index (κ3) is 1.95. The Labute approximate surface area is 123 Å². The van der Waals surface area contributed by atoms with E-state index in [0.29, 0.717) is 6.61 Å². The lowest BCUT2D eigenvalue weighted by Crippen LogP contribution is -2.31. The van der Waals surface area contributed by atoms with Gasteiger partial charge in [0.1, 0.15) is 11.5 Å². The molecule has 21 heavy (non-hydrogen) atoms. The van der Waals surface area contributed by atoms with Crippen molar-refractivity contribution in [2.24, 2.45) is 11.0 Å². The summed E-state index contributed by atoms with van der Waals surface area (Å²) < 4.78 is 11.1. The largest absolute Gasteiger partial charge is 0.497 e. The van der Waals surface area contributed by atoms with Gasteiger partial charge >= 0.3 is 0 Å². The van der Waals surface area contributed by atoms with Crippen LogP contribution in [0.1, 0.15) is 17.2 Å². The molecule has 0 amide bonds. The summed E-state index contributed by atoms with van der Waals surface area (Å²) in [5, 5.41) is 4.55. The van der Waals surface area contributed by atoms with Gasteiger partial charge in [-0.15, -0.1) is 0 Å². The van der Waals surface area contributed by atoms with Crippen LogP contribution in [0.2, 0.25) is 0 Å². The van der Waals surface area contributed by atoms with Crippen LogP contribution in [-0.2, 0) is 0 Å². The van der Waals surface area contributed by atoms with E-state index in [0.717, 1.165) is 22.8 Å². The van der Waals surface area contributed by atoms with E-state index in [9.17, 15) is 0 Å².